The van der Waals surface area contributed by atoms with Crippen LogP contribution in [0.15, 0.2) is 12.3 Å². The highest BCUT2D eigenvalue weighted by Gasteiger charge is 2.23. The summed E-state index contributed by atoms with van der Waals surface area (Å²) in [7, 11) is 2.23. The van der Waals surface area contributed by atoms with E-state index in [1.807, 2.05) is 0 Å². The number of halogens is 1. The first kappa shape index (κ1) is 17.8. The molecule has 0 N–H and O–H groups in total. The molecule has 0 aromatic carbocycles. The number of rotatable bonds is 5. The predicted molar refractivity (Wildman–Crippen MR) is 69.4 cm³/mol. The summed E-state index contributed by atoms with van der Waals surface area (Å²) in [6.45, 7) is 7.67. The molecule has 18 heavy (non-hydrogen) atoms. The molecule has 0 bridgehead atoms. The summed E-state index contributed by atoms with van der Waals surface area (Å²) in [6, 6.07) is 0. The molecule has 1 aliphatic heterocycles. The van der Waals surface area contributed by atoms with E-state index in [1.54, 1.807) is 12.3 Å². The van der Waals surface area contributed by atoms with Gasteiger partial charge in [0.1, 0.15) is 19.6 Å². The van der Waals surface area contributed by atoms with Gasteiger partial charge in [-0.15, -0.1) is 0 Å². The SMILES string of the molecule is CCCCO/C=C/C#CC[N+]1(C)CCOCC1.[I-]. The number of morpholine rings is 1. The largest absolute Gasteiger partial charge is 1.00 e. The van der Waals surface area contributed by atoms with E-state index in [4.69, 9.17) is 9.47 Å². The maximum Gasteiger partial charge on any atom is 0.141 e. The zero-order chi connectivity index (χ0) is 12.4. The van der Waals surface area contributed by atoms with Gasteiger partial charge < -0.3 is 37.9 Å². The Morgan fingerprint density at radius 1 is 1.33 bits per heavy atom. The minimum Gasteiger partial charge on any atom is -1.00 e. The van der Waals surface area contributed by atoms with Crippen molar-refractivity contribution in [3.8, 4) is 11.8 Å². The first-order valence-electron chi connectivity index (χ1n) is 6.43. The molecule has 1 heterocycles. The van der Waals surface area contributed by atoms with E-state index in [1.165, 1.54) is 0 Å². The third kappa shape index (κ3) is 7.96. The van der Waals surface area contributed by atoms with Gasteiger partial charge in [-0.3, -0.25) is 0 Å². The van der Waals surface area contributed by atoms with Crippen molar-refractivity contribution in [1.82, 2.24) is 0 Å². The molecule has 1 rings (SSSR count). The fourth-order valence-corrected chi connectivity index (χ4v) is 1.62. The van der Waals surface area contributed by atoms with Gasteiger partial charge in [0, 0.05) is 6.08 Å². The normalized spacial score (nSPS) is 17.7. The summed E-state index contributed by atoms with van der Waals surface area (Å²) in [5.74, 6) is 6.21. The third-order valence-corrected chi connectivity index (χ3v) is 2.98. The fourth-order valence-electron chi connectivity index (χ4n) is 1.62. The van der Waals surface area contributed by atoms with Crippen molar-refractivity contribution in [3.63, 3.8) is 0 Å². The molecule has 0 amide bonds. The van der Waals surface area contributed by atoms with E-state index in [2.05, 4.69) is 25.8 Å². The number of ether oxygens (including phenoxy) is 2. The van der Waals surface area contributed by atoms with Gasteiger partial charge in [0.25, 0.3) is 0 Å². The molecule has 0 spiro atoms. The highest BCUT2D eigenvalue weighted by Crippen LogP contribution is 2.05. The Bertz CT molecular complexity index is 288. The zero-order valence-corrected chi connectivity index (χ0v) is 13.6. The molecule has 0 aromatic rings. The lowest BCUT2D eigenvalue weighted by Gasteiger charge is -2.35. The van der Waals surface area contributed by atoms with Gasteiger partial charge in [0.2, 0.25) is 0 Å². The Labute approximate surface area is 128 Å². The second-order valence-corrected chi connectivity index (χ2v) is 4.69. The maximum atomic E-state index is 5.35. The van der Waals surface area contributed by atoms with Crippen LogP contribution in [0.4, 0.5) is 0 Å². The van der Waals surface area contributed by atoms with Gasteiger partial charge in [-0.25, -0.2) is 0 Å². The molecular weight excluding hydrogens is 341 g/mol. The number of allylic oxidation sites excluding steroid dienone is 1. The Morgan fingerprint density at radius 3 is 2.72 bits per heavy atom. The molecule has 0 atom stereocenters. The lowest BCUT2D eigenvalue weighted by Crippen LogP contribution is -3.00. The quantitative estimate of drug-likeness (QED) is 0.200. The number of hydrogen-bond donors (Lipinski definition) is 0. The maximum absolute atomic E-state index is 5.35. The topological polar surface area (TPSA) is 18.5 Å². The number of likely N-dealkylation sites (N-methyl/N-ethyl adjacent to an activating group) is 1. The Balaban J connectivity index is 0.00000289. The third-order valence-electron chi connectivity index (χ3n) is 2.98. The van der Waals surface area contributed by atoms with Crippen LogP contribution in [-0.2, 0) is 9.47 Å². The van der Waals surface area contributed by atoms with Gasteiger partial charge in [-0.05, 0) is 12.3 Å². The van der Waals surface area contributed by atoms with Crippen molar-refractivity contribution in [2.45, 2.75) is 19.8 Å². The van der Waals surface area contributed by atoms with Crippen LogP contribution in [0.25, 0.3) is 0 Å². The molecule has 0 saturated carbocycles. The molecule has 4 heteroatoms. The molecule has 1 fully saturated rings. The van der Waals surface area contributed by atoms with Gasteiger partial charge in [0.05, 0.1) is 33.1 Å². The van der Waals surface area contributed by atoms with Gasteiger partial charge in [0.15, 0.2) is 0 Å². The van der Waals surface area contributed by atoms with Crippen molar-refractivity contribution in [2.24, 2.45) is 0 Å². The van der Waals surface area contributed by atoms with Crippen LogP contribution in [0.5, 0.6) is 0 Å². The van der Waals surface area contributed by atoms with Gasteiger partial charge >= 0.3 is 0 Å². The number of unbranched alkanes of at least 4 members (excludes halogenated alkanes) is 1. The molecule has 0 aromatic heterocycles. The van der Waals surface area contributed by atoms with Crippen molar-refractivity contribution < 1.29 is 37.9 Å². The molecule has 1 saturated heterocycles. The minimum atomic E-state index is 0. The van der Waals surface area contributed by atoms with Crippen molar-refractivity contribution in [3.05, 3.63) is 12.3 Å². The van der Waals surface area contributed by atoms with Crippen molar-refractivity contribution in [1.29, 1.82) is 0 Å². The summed E-state index contributed by atoms with van der Waals surface area (Å²) < 4.78 is 11.6. The molecule has 0 radical (unpaired) electrons. The van der Waals surface area contributed by atoms with Crippen molar-refractivity contribution in [2.75, 3.05) is 46.5 Å². The predicted octanol–water partition coefficient (Wildman–Crippen LogP) is -1.20. The summed E-state index contributed by atoms with van der Waals surface area (Å²) in [5.41, 5.74) is 0. The zero-order valence-electron chi connectivity index (χ0n) is 11.5. The molecule has 104 valence electrons. The molecular formula is C14H24INO2. The number of nitrogens with zero attached hydrogens (tertiary/aromatic N) is 1. The van der Waals surface area contributed by atoms with Crippen LogP contribution in [0.3, 0.4) is 0 Å². The monoisotopic (exact) mass is 365 g/mol. The second kappa shape index (κ2) is 10.7. The van der Waals surface area contributed by atoms with E-state index in [9.17, 15) is 0 Å². The van der Waals surface area contributed by atoms with Crippen LogP contribution >= 0.6 is 0 Å². The minimum absolute atomic E-state index is 0. The smallest absolute Gasteiger partial charge is 0.141 e. The first-order chi connectivity index (χ1) is 8.27. The Morgan fingerprint density at radius 2 is 2.06 bits per heavy atom. The first-order valence-corrected chi connectivity index (χ1v) is 6.43. The van der Waals surface area contributed by atoms with Crippen LogP contribution in [-0.4, -0.2) is 51.0 Å². The average Bonchev–Trinajstić information content (AvgIpc) is 2.33. The number of hydrogen-bond acceptors (Lipinski definition) is 2. The lowest BCUT2D eigenvalue weighted by molar-refractivity contribution is -0.910. The van der Waals surface area contributed by atoms with Crippen molar-refractivity contribution >= 4 is 0 Å². The average molecular weight is 365 g/mol. The lowest BCUT2D eigenvalue weighted by atomic mass is 10.3. The standard InChI is InChI=1S/C14H24NO2.HI/c1-3-4-11-16-12-7-5-6-8-15(2)9-13-17-14-10-15;/h7,12H,3-4,8-11,13-14H2,1-2H3;1H/q+1;/p-1/b12-7+;. The van der Waals surface area contributed by atoms with Crippen LogP contribution in [0.1, 0.15) is 19.8 Å². The Hall–Kier alpha value is -0.250. The molecule has 0 unspecified atom stereocenters. The highest BCUT2D eigenvalue weighted by atomic mass is 127. The van der Waals surface area contributed by atoms with E-state index in [-0.39, 0.29) is 24.0 Å². The number of quaternary nitrogens is 1. The molecule has 0 aliphatic carbocycles. The van der Waals surface area contributed by atoms with Gasteiger partial charge in [-0.2, -0.15) is 0 Å². The summed E-state index contributed by atoms with van der Waals surface area (Å²) in [5, 5.41) is 0. The van der Waals surface area contributed by atoms with E-state index >= 15 is 0 Å². The van der Waals surface area contributed by atoms with E-state index < -0.39 is 0 Å². The molecule has 3 nitrogen and oxygen atoms in total. The summed E-state index contributed by atoms with van der Waals surface area (Å²) in [4.78, 5) is 0. The summed E-state index contributed by atoms with van der Waals surface area (Å²) >= 11 is 0. The Kier molecular flexibility index (Phi) is 10.5. The van der Waals surface area contributed by atoms with E-state index in [0.717, 1.165) is 56.8 Å². The van der Waals surface area contributed by atoms with Crippen LogP contribution < -0.4 is 24.0 Å². The fraction of sp³-hybridized carbons (Fsp3) is 0.714. The van der Waals surface area contributed by atoms with Crippen LogP contribution in [0.2, 0.25) is 0 Å². The highest BCUT2D eigenvalue weighted by molar-refractivity contribution is 5.13. The van der Waals surface area contributed by atoms with E-state index in [0.29, 0.717) is 0 Å². The second-order valence-electron chi connectivity index (χ2n) is 4.69. The molecule has 1 aliphatic rings. The van der Waals surface area contributed by atoms with Crippen LogP contribution in [0, 0.1) is 11.8 Å². The van der Waals surface area contributed by atoms with Gasteiger partial charge in [-0.1, -0.05) is 19.3 Å². The summed E-state index contributed by atoms with van der Waals surface area (Å²) in [6.07, 6.45) is 5.76.